The van der Waals surface area contributed by atoms with Crippen LogP contribution in [0.4, 0.5) is 0 Å². The number of aromatic amines is 1. The van der Waals surface area contributed by atoms with Crippen molar-refractivity contribution in [2.45, 2.75) is 13.3 Å². The first-order valence-corrected chi connectivity index (χ1v) is 4.92. The van der Waals surface area contributed by atoms with E-state index in [2.05, 4.69) is 9.97 Å². The molecule has 0 aliphatic carbocycles. The van der Waals surface area contributed by atoms with Crippen LogP contribution in [0.15, 0.2) is 12.1 Å². The van der Waals surface area contributed by atoms with Gasteiger partial charge in [0.15, 0.2) is 0 Å². The number of carboxylic acids is 2. The predicted octanol–water partition coefficient (Wildman–Crippen LogP) is 1.20. The Morgan fingerprint density at radius 3 is 2.65 bits per heavy atom. The molecular weight excluding hydrogens is 224 g/mol. The van der Waals surface area contributed by atoms with Gasteiger partial charge in [-0.05, 0) is 24.1 Å². The fraction of sp³-hybridized carbons (Fsp3) is 0.182. The number of aromatic nitrogens is 2. The van der Waals surface area contributed by atoms with Gasteiger partial charge in [-0.25, -0.2) is 9.78 Å². The summed E-state index contributed by atoms with van der Waals surface area (Å²) in [5.41, 5.74) is 2.26. The molecule has 0 saturated heterocycles. The third-order valence-corrected chi connectivity index (χ3v) is 2.52. The van der Waals surface area contributed by atoms with E-state index in [1.807, 2.05) is 0 Å². The standard InChI is InChI=1S/C11H10N2O4/c1-5-2-3-7-9(6(5)4-8(14)15)13-10(12-7)11(16)17/h2-3H,4H2,1H3,(H,12,13)(H,14,15)(H,16,17). The highest BCUT2D eigenvalue weighted by Gasteiger charge is 2.15. The van der Waals surface area contributed by atoms with E-state index < -0.39 is 11.9 Å². The van der Waals surface area contributed by atoms with Gasteiger partial charge in [0.25, 0.3) is 0 Å². The monoisotopic (exact) mass is 234 g/mol. The molecule has 1 aromatic heterocycles. The molecule has 0 atom stereocenters. The Bertz CT molecular complexity index is 615. The van der Waals surface area contributed by atoms with Crippen molar-refractivity contribution in [1.82, 2.24) is 9.97 Å². The Balaban J connectivity index is 2.66. The van der Waals surface area contributed by atoms with Gasteiger partial charge in [-0.15, -0.1) is 0 Å². The van der Waals surface area contributed by atoms with Crippen molar-refractivity contribution in [1.29, 1.82) is 0 Å². The van der Waals surface area contributed by atoms with E-state index in [9.17, 15) is 9.59 Å². The number of rotatable bonds is 3. The highest BCUT2D eigenvalue weighted by molar-refractivity contribution is 5.91. The SMILES string of the molecule is Cc1ccc2[nH]c(C(=O)O)nc2c1CC(=O)O. The van der Waals surface area contributed by atoms with Crippen molar-refractivity contribution < 1.29 is 19.8 Å². The number of benzene rings is 1. The molecule has 0 saturated carbocycles. The van der Waals surface area contributed by atoms with Crippen LogP contribution >= 0.6 is 0 Å². The lowest BCUT2D eigenvalue weighted by molar-refractivity contribution is -0.136. The Hall–Kier alpha value is -2.37. The lowest BCUT2D eigenvalue weighted by Crippen LogP contribution is -2.03. The molecule has 17 heavy (non-hydrogen) atoms. The molecule has 0 unspecified atom stereocenters. The second-order valence-corrected chi connectivity index (χ2v) is 3.72. The average Bonchev–Trinajstić information content (AvgIpc) is 2.66. The molecule has 0 fully saturated rings. The zero-order chi connectivity index (χ0) is 12.6. The number of nitrogens with zero attached hydrogens (tertiary/aromatic N) is 1. The van der Waals surface area contributed by atoms with Gasteiger partial charge in [-0.3, -0.25) is 4.79 Å². The number of H-pyrrole nitrogens is 1. The second-order valence-electron chi connectivity index (χ2n) is 3.72. The highest BCUT2D eigenvalue weighted by Crippen LogP contribution is 2.21. The zero-order valence-corrected chi connectivity index (χ0v) is 9.02. The fourth-order valence-corrected chi connectivity index (χ4v) is 1.71. The number of nitrogens with one attached hydrogen (secondary N) is 1. The third-order valence-electron chi connectivity index (χ3n) is 2.52. The minimum Gasteiger partial charge on any atom is -0.481 e. The summed E-state index contributed by atoms with van der Waals surface area (Å²) in [7, 11) is 0. The molecule has 0 aliphatic rings. The van der Waals surface area contributed by atoms with Gasteiger partial charge >= 0.3 is 11.9 Å². The topological polar surface area (TPSA) is 103 Å². The molecule has 88 valence electrons. The van der Waals surface area contributed by atoms with E-state index in [-0.39, 0.29) is 12.2 Å². The van der Waals surface area contributed by atoms with Crippen LogP contribution in [0.1, 0.15) is 21.7 Å². The average molecular weight is 234 g/mol. The minimum atomic E-state index is -1.17. The van der Waals surface area contributed by atoms with E-state index >= 15 is 0 Å². The van der Waals surface area contributed by atoms with Gasteiger partial charge in [0.1, 0.15) is 0 Å². The third kappa shape index (κ3) is 1.96. The maximum Gasteiger partial charge on any atom is 0.371 e. The van der Waals surface area contributed by atoms with Gasteiger partial charge in [0, 0.05) is 0 Å². The van der Waals surface area contributed by atoms with Gasteiger partial charge in [-0.1, -0.05) is 6.07 Å². The maximum atomic E-state index is 10.8. The molecule has 0 spiro atoms. The largest absolute Gasteiger partial charge is 0.481 e. The minimum absolute atomic E-state index is 0.174. The van der Waals surface area contributed by atoms with Gasteiger partial charge in [0.05, 0.1) is 17.5 Å². The zero-order valence-electron chi connectivity index (χ0n) is 9.02. The van der Waals surface area contributed by atoms with Crippen LogP contribution in [-0.2, 0) is 11.2 Å². The quantitative estimate of drug-likeness (QED) is 0.740. The molecule has 6 nitrogen and oxygen atoms in total. The van der Waals surface area contributed by atoms with E-state index in [4.69, 9.17) is 10.2 Å². The smallest absolute Gasteiger partial charge is 0.371 e. The Kier molecular flexibility index (Phi) is 2.55. The molecule has 1 heterocycles. The summed E-state index contributed by atoms with van der Waals surface area (Å²) in [5, 5.41) is 17.6. The number of carboxylic acid groups (broad SMARTS) is 2. The first-order valence-electron chi connectivity index (χ1n) is 4.92. The van der Waals surface area contributed by atoms with Crippen molar-refractivity contribution in [2.24, 2.45) is 0 Å². The molecule has 1 aromatic carbocycles. The van der Waals surface area contributed by atoms with E-state index in [1.165, 1.54) is 0 Å². The number of hydrogen-bond donors (Lipinski definition) is 3. The number of fused-ring (bicyclic) bond motifs is 1. The first kappa shape index (κ1) is 11.1. The second kappa shape index (κ2) is 3.89. The highest BCUT2D eigenvalue weighted by atomic mass is 16.4. The van der Waals surface area contributed by atoms with Crippen molar-refractivity contribution >= 4 is 23.0 Å². The van der Waals surface area contributed by atoms with Crippen molar-refractivity contribution in [3.63, 3.8) is 0 Å². The maximum absolute atomic E-state index is 10.8. The van der Waals surface area contributed by atoms with Gasteiger partial charge < -0.3 is 15.2 Å². The number of aliphatic carboxylic acids is 1. The molecule has 0 aliphatic heterocycles. The summed E-state index contributed by atoms with van der Waals surface area (Å²) >= 11 is 0. The molecule has 6 heteroatoms. The number of aryl methyl sites for hydroxylation is 1. The number of hydrogen-bond acceptors (Lipinski definition) is 3. The molecule has 0 radical (unpaired) electrons. The van der Waals surface area contributed by atoms with Gasteiger partial charge in [-0.2, -0.15) is 0 Å². The Morgan fingerprint density at radius 2 is 2.06 bits per heavy atom. The van der Waals surface area contributed by atoms with Crippen molar-refractivity contribution in [3.8, 4) is 0 Å². The van der Waals surface area contributed by atoms with Crippen LogP contribution < -0.4 is 0 Å². The molecular formula is C11H10N2O4. The summed E-state index contributed by atoms with van der Waals surface area (Å²) in [6, 6.07) is 3.43. The first-order chi connectivity index (χ1) is 7.99. The molecule has 0 bridgehead atoms. The summed E-state index contributed by atoms with van der Waals surface area (Å²) < 4.78 is 0. The summed E-state index contributed by atoms with van der Waals surface area (Å²) in [6.45, 7) is 1.77. The fourth-order valence-electron chi connectivity index (χ4n) is 1.71. The summed E-state index contributed by atoms with van der Waals surface area (Å²) in [6.07, 6.45) is -0.174. The van der Waals surface area contributed by atoms with Gasteiger partial charge in [0.2, 0.25) is 5.82 Å². The normalized spacial score (nSPS) is 10.6. The van der Waals surface area contributed by atoms with E-state index in [1.54, 1.807) is 19.1 Å². The Morgan fingerprint density at radius 1 is 1.35 bits per heavy atom. The van der Waals surface area contributed by atoms with Crippen molar-refractivity contribution in [2.75, 3.05) is 0 Å². The number of imidazole rings is 1. The van der Waals surface area contributed by atoms with Crippen molar-refractivity contribution in [3.05, 3.63) is 29.1 Å². The van der Waals surface area contributed by atoms with E-state index in [0.717, 1.165) is 5.56 Å². The van der Waals surface area contributed by atoms with E-state index in [0.29, 0.717) is 16.6 Å². The molecule has 0 amide bonds. The van der Waals surface area contributed by atoms with Crippen LogP contribution in [0.3, 0.4) is 0 Å². The lowest BCUT2D eigenvalue weighted by Gasteiger charge is -2.02. The molecule has 3 N–H and O–H groups in total. The molecule has 2 aromatic rings. The Labute approximate surface area is 95.9 Å². The number of carbonyl (C=O) groups is 2. The van der Waals surface area contributed by atoms with Crippen LogP contribution in [0.2, 0.25) is 0 Å². The number of aromatic carboxylic acids is 1. The van der Waals surface area contributed by atoms with Crippen LogP contribution in [0.5, 0.6) is 0 Å². The van der Waals surface area contributed by atoms with Crippen LogP contribution in [0, 0.1) is 6.92 Å². The lowest BCUT2D eigenvalue weighted by atomic mass is 10.0. The summed E-state index contributed by atoms with van der Waals surface area (Å²) in [4.78, 5) is 28.1. The summed E-state index contributed by atoms with van der Waals surface area (Å²) in [5.74, 6) is -2.32. The predicted molar refractivity (Wildman–Crippen MR) is 59.1 cm³/mol. The van der Waals surface area contributed by atoms with Crippen LogP contribution in [0.25, 0.3) is 11.0 Å². The van der Waals surface area contributed by atoms with Crippen LogP contribution in [-0.4, -0.2) is 32.1 Å². The molecule has 2 rings (SSSR count).